The van der Waals surface area contributed by atoms with E-state index in [4.69, 9.17) is 0 Å². The fourth-order valence-electron chi connectivity index (χ4n) is 2.39. The van der Waals surface area contributed by atoms with Crippen LogP contribution in [0.25, 0.3) is 0 Å². The van der Waals surface area contributed by atoms with Crippen molar-refractivity contribution in [1.29, 1.82) is 0 Å². The van der Waals surface area contributed by atoms with Crippen LogP contribution in [0.1, 0.15) is 25.7 Å². The Bertz CT molecular complexity index is 341. The largest absolute Gasteiger partial charge is 0.384 e. The molecular weight excluding hydrogens is 208 g/mol. The highest BCUT2D eigenvalue weighted by atomic mass is 15.2. The second-order valence-electron chi connectivity index (χ2n) is 5.46. The lowest BCUT2D eigenvalue weighted by molar-refractivity contribution is 0.262. The zero-order chi connectivity index (χ0) is 11.5. The molecule has 0 spiro atoms. The van der Waals surface area contributed by atoms with Gasteiger partial charge in [0.1, 0.15) is 0 Å². The van der Waals surface area contributed by atoms with Crippen LogP contribution in [0, 0.1) is 5.92 Å². The molecule has 2 fully saturated rings. The molecule has 0 amide bonds. The highest BCUT2D eigenvalue weighted by Gasteiger charge is 2.33. The van der Waals surface area contributed by atoms with Gasteiger partial charge in [-0.3, -0.25) is 4.90 Å². The van der Waals surface area contributed by atoms with Crippen LogP contribution in [0.5, 0.6) is 0 Å². The van der Waals surface area contributed by atoms with E-state index in [0.29, 0.717) is 0 Å². The lowest BCUT2D eigenvalue weighted by atomic mass is 10.3. The third-order valence-corrected chi connectivity index (χ3v) is 3.75. The Morgan fingerprint density at radius 3 is 2.47 bits per heavy atom. The van der Waals surface area contributed by atoms with Gasteiger partial charge in [-0.25, -0.2) is 0 Å². The van der Waals surface area contributed by atoms with Gasteiger partial charge in [-0.2, -0.15) is 0 Å². The quantitative estimate of drug-likeness (QED) is 0.774. The van der Waals surface area contributed by atoms with Gasteiger partial charge in [-0.15, -0.1) is 0 Å². The van der Waals surface area contributed by atoms with Gasteiger partial charge in [0.2, 0.25) is 0 Å². The summed E-state index contributed by atoms with van der Waals surface area (Å²) >= 11 is 0. The van der Waals surface area contributed by atoms with Crippen molar-refractivity contribution in [2.45, 2.75) is 31.7 Å². The van der Waals surface area contributed by atoms with E-state index in [0.717, 1.165) is 18.5 Å². The predicted molar refractivity (Wildman–Crippen MR) is 72.3 cm³/mol. The van der Waals surface area contributed by atoms with Gasteiger partial charge in [-0.05, 0) is 43.7 Å². The summed E-state index contributed by atoms with van der Waals surface area (Å²) in [5, 5.41) is 3.51. The van der Waals surface area contributed by atoms with E-state index in [2.05, 4.69) is 40.5 Å². The molecule has 0 heterocycles. The fourth-order valence-corrected chi connectivity index (χ4v) is 2.39. The third kappa shape index (κ3) is 3.47. The highest BCUT2D eigenvalue weighted by molar-refractivity contribution is 5.42. The van der Waals surface area contributed by atoms with Crippen LogP contribution < -0.4 is 5.32 Å². The minimum absolute atomic E-state index is 0.910. The molecule has 0 aliphatic heterocycles. The van der Waals surface area contributed by atoms with Crippen molar-refractivity contribution in [3.8, 4) is 0 Å². The van der Waals surface area contributed by atoms with E-state index in [1.165, 1.54) is 44.5 Å². The summed E-state index contributed by atoms with van der Waals surface area (Å²) in [4.78, 5) is 2.70. The first-order valence-corrected chi connectivity index (χ1v) is 6.95. The molecule has 1 aromatic rings. The molecule has 0 aromatic heterocycles. The molecule has 2 aliphatic rings. The van der Waals surface area contributed by atoms with Gasteiger partial charge in [-0.1, -0.05) is 18.2 Å². The predicted octanol–water partition coefficient (Wildman–Crippen LogP) is 2.97. The Labute approximate surface area is 104 Å². The fraction of sp³-hybridized carbons (Fsp3) is 0.600. The molecule has 0 bridgehead atoms. The smallest absolute Gasteiger partial charge is 0.0340 e. The number of nitrogens with zero attached hydrogens (tertiary/aromatic N) is 1. The lowest BCUT2D eigenvalue weighted by Gasteiger charge is -2.22. The van der Waals surface area contributed by atoms with Crippen molar-refractivity contribution in [2.75, 3.05) is 25.0 Å². The summed E-state index contributed by atoms with van der Waals surface area (Å²) in [6.45, 7) is 3.63. The van der Waals surface area contributed by atoms with E-state index in [-0.39, 0.29) is 0 Å². The van der Waals surface area contributed by atoms with Crippen LogP contribution in [-0.2, 0) is 0 Å². The Hall–Kier alpha value is -1.02. The van der Waals surface area contributed by atoms with Gasteiger partial charge in [0.05, 0.1) is 0 Å². The van der Waals surface area contributed by atoms with Gasteiger partial charge in [0, 0.05) is 31.4 Å². The molecule has 0 saturated heterocycles. The molecule has 0 radical (unpaired) electrons. The lowest BCUT2D eigenvalue weighted by Crippen LogP contribution is -2.33. The van der Waals surface area contributed by atoms with E-state index in [9.17, 15) is 0 Å². The number of para-hydroxylation sites is 1. The van der Waals surface area contributed by atoms with E-state index >= 15 is 0 Å². The molecule has 1 aromatic carbocycles. The molecule has 0 unspecified atom stereocenters. The topological polar surface area (TPSA) is 15.3 Å². The second-order valence-corrected chi connectivity index (χ2v) is 5.46. The number of hydrogen-bond acceptors (Lipinski definition) is 2. The molecule has 2 nitrogen and oxygen atoms in total. The summed E-state index contributed by atoms with van der Waals surface area (Å²) in [6, 6.07) is 11.4. The summed E-state index contributed by atoms with van der Waals surface area (Å²) in [7, 11) is 0. The number of benzene rings is 1. The average Bonchev–Trinajstić information content (AvgIpc) is 3.23. The maximum Gasteiger partial charge on any atom is 0.0340 e. The number of nitrogens with one attached hydrogen (secondary N) is 1. The molecule has 0 atom stereocenters. The number of rotatable bonds is 7. The van der Waals surface area contributed by atoms with Crippen LogP contribution >= 0.6 is 0 Å². The number of anilines is 1. The maximum absolute atomic E-state index is 3.51. The summed E-state index contributed by atoms with van der Waals surface area (Å²) in [5.74, 6) is 1.02. The minimum atomic E-state index is 0.910. The van der Waals surface area contributed by atoms with Crippen molar-refractivity contribution in [3.63, 3.8) is 0 Å². The summed E-state index contributed by atoms with van der Waals surface area (Å²) in [5.41, 5.74) is 1.25. The van der Waals surface area contributed by atoms with Gasteiger partial charge in [0.25, 0.3) is 0 Å². The molecule has 1 N–H and O–H groups in total. The molecule has 3 rings (SSSR count). The van der Waals surface area contributed by atoms with E-state index in [1.807, 2.05) is 0 Å². The van der Waals surface area contributed by atoms with Crippen LogP contribution in [0.15, 0.2) is 30.3 Å². The SMILES string of the molecule is c1ccc(NCCN(CC2CC2)C2CC2)cc1. The normalized spacial score (nSPS) is 19.6. The first-order chi connectivity index (χ1) is 8.42. The Kier molecular flexibility index (Phi) is 3.32. The summed E-state index contributed by atoms with van der Waals surface area (Å²) < 4.78 is 0. The van der Waals surface area contributed by atoms with Crippen molar-refractivity contribution in [2.24, 2.45) is 5.92 Å². The zero-order valence-corrected chi connectivity index (χ0v) is 10.4. The standard InChI is InChI=1S/C15H22N2/c1-2-4-14(5-3-1)16-10-11-17(15-8-9-15)12-13-6-7-13/h1-5,13,15-16H,6-12H2. The van der Waals surface area contributed by atoms with Gasteiger partial charge < -0.3 is 5.32 Å². The van der Waals surface area contributed by atoms with Gasteiger partial charge in [0.15, 0.2) is 0 Å². The average molecular weight is 230 g/mol. The zero-order valence-electron chi connectivity index (χ0n) is 10.4. The Morgan fingerprint density at radius 2 is 1.82 bits per heavy atom. The van der Waals surface area contributed by atoms with Crippen LogP contribution in [0.3, 0.4) is 0 Å². The molecule has 2 saturated carbocycles. The van der Waals surface area contributed by atoms with Crippen LogP contribution in [0.2, 0.25) is 0 Å². The van der Waals surface area contributed by atoms with E-state index in [1.54, 1.807) is 0 Å². The number of hydrogen-bond donors (Lipinski definition) is 1. The molecular formula is C15H22N2. The highest BCUT2D eigenvalue weighted by Crippen LogP contribution is 2.34. The van der Waals surface area contributed by atoms with Crippen molar-refractivity contribution >= 4 is 5.69 Å². The Morgan fingerprint density at radius 1 is 1.06 bits per heavy atom. The second kappa shape index (κ2) is 5.09. The molecule has 2 heteroatoms. The summed E-state index contributed by atoms with van der Waals surface area (Å²) in [6.07, 6.45) is 5.79. The van der Waals surface area contributed by atoms with Crippen molar-refractivity contribution in [1.82, 2.24) is 4.90 Å². The van der Waals surface area contributed by atoms with Crippen LogP contribution in [-0.4, -0.2) is 30.6 Å². The van der Waals surface area contributed by atoms with Gasteiger partial charge >= 0.3 is 0 Å². The maximum atomic E-state index is 3.51. The van der Waals surface area contributed by atoms with Crippen LogP contribution in [0.4, 0.5) is 5.69 Å². The van der Waals surface area contributed by atoms with Crippen molar-refractivity contribution < 1.29 is 0 Å². The molecule has 17 heavy (non-hydrogen) atoms. The molecule has 2 aliphatic carbocycles. The van der Waals surface area contributed by atoms with E-state index < -0.39 is 0 Å². The van der Waals surface area contributed by atoms with Crippen molar-refractivity contribution in [3.05, 3.63) is 30.3 Å². The third-order valence-electron chi connectivity index (χ3n) is 3.75. The first-order valence-electron chi connectivity index (χ1n) is 6.95. The Balaban J connectivity index is 1.42. The minimum Gasteiger partial charge on any atom is -0.384 e. The molecule has 92 valence electrons. The first kappa shape index (κ1) is 11.1. The monoisotopic (exact) mass is 230 g/mol.